The molecule has 2 aliphatic heterocycles. The smallest absolute Gasteiger partial charge is 0.290 e. The topological polar surface area (TPSA) is 141 Å². The van der Waals surface area contributed by atoms with Crippen LogP contribution in [0.2, 0.25) is 0 Å². The Kier molecular flexibility index (Phi) is 5.36. The number of benzene rings is 1. The van der Waals surface area contributed by atoms with E-state index in [-0.39, 0.29) is 29.8 Å². The van der Waals surface area contributed by atoms with Crippen LogP contribution < -0.4 is 5.32 Å². The summed E-state index contributed by atoms with van der Waals surface area (Å²) in [4.78, 5) is 33.9. The average Bonchev–Trinajstić information content (AvgIpc) is 3.12. The molecular weight excluding hydrogens is 354 g/mol. The van der Waals surface area contributed by atoms with Gasteiger partial charge in [0.25, 0.3) is 18.1 Å². The van der Waals surface area contributed by atoms with Crippen LogP contribution >= 0.6 is 0 Å². The molecule has 1 aromatic carbocycles. The number of nitro groups is 1. The largest absolute Gasteiger partial charge is 0.483 e. The minimum atomic E-state index is -0.469. The zero-order valence-electron chi connectivity index (χ0n) is 14.8. The van der Waals surface area contributed by atoms with Crippen LogP contribution in [0.4, 0.5) is 5.69 Å². The van der Waals surface area contributed by atoms with E-state index in [0.29, 0.717) is 23.0 Å². The van der Waals surface area contributed by atoms with Gasteiger partial charge in [0.2, 0.25) is 0 Å². The third-order valence-electron chi connectivity index (χ3n) is 5.41. The van der Waals surface area contributed by atoms with Gasteiger partial charge in [-0.2, -0.15) is 5.10 Å². The standard InChI is InChI=1S/C16H19N5O3.CH2O2/c1-20-10-2-3-11(20)7-9(6-10)17-16(22)15-13-8-12(21(23)24)4-5-14(13)18-19-15;2-1-3/h4-5,8-11H,2-3,6-7H2,1H3,(H,17,22)(H,18,19);1H,(H,2,3). The Bertz CT molecular complexity index is 853. The Morgan fingerprint density at radius 3 is 2.63 bits per heavy atom. The van der Waals surface area contributed by atoms with Crippen LogP contribution in [-0.2, 0) is 4.79 Å². The van der Waals surface area contributed by atoms with Crippen molar-refractivity contribution in [2.24, 2.45) is 0 Å². The van der Waals surface area contributed by atoms with E-state index in [1.54, 1.807) is 6.07 Å². The molecule has 4 rings (SSSR count). The van der Waals surface area contributed by atoms with Crippen molar-refractivity contribution in [3.05, 3.63) is 34.0 Å². The molecule has 10 heteroatoms. The van der Waals surface area contributed by atoms with Gasteiger partial charge in [0, 0.05) is 35.6 Å². The number of amides is 1. The van der Waals surface area contributed by atoms with Crippen molar-refractivity contribution in [2.45, 2.75) is 43.8 Å². The second-order valence-electron chi connectivity index (χ2n) is 6.86. The number of H-pyrrole nitrogens is 1. The minimum absolute atomic E-state index is 0.0460. The van der Waals surface area contributed by atoms with E-state index in [0.717, 1.165) is 12.8 Å². The molecular formula is C17H21N5O5. The van der Waals surface area contributed by atoms with Gasteiger partial charge in [-0.05, 0) is 38.8 Å². The van der Waals surface area contributed by atoms with Gasteiger partial charge < -0.3 is 15.3 Å². The first-order valence-corrected chi connectivity index (χ1v) is 8.67. The quantitative estimate of drug-likeness (QED) is 0.419. The van der Waals surface area contributed by atoms with Gasteiger partial charge in [-0.25, -0.2) is 0 Å². The highest BCUT2D eigenvalue weighted by molar-refractivity contribution is 6.05. The van der Waals surface area contributed by atoms with Crippen LogP contribution in [-0.4, -0.2) is 62.7 Å². The van der Waals surface area contributed by atoms with Gasteiger partial charge in [-0.3, -0.25) is 24.8 Å². The third-order valence-corrected chi connectivity index (χ3v) is 5.41. The number of aromatic amines is 1. The first kappa shape index (κ1) is 18.8. The van der Waals surface area contributed by atoms with E-state index in [1.165, 1.54) is 25.0 Å². The Hall–Kier alpha value is -3.01. The summed E-state index contributed by atoms with van der Waals surface area (Å²) in [5.74, 6) is -0.268. The Morgan fingerprint density at radius 1 is 1.41 bits per heavy atom. The molecule has 1 amide bonds. The SMILES string of the molecule is CN1C2CCC1CC(NC(=O)c1n[nH]c3ccc([N+](=O)[O-])cc13)C2.O=CO. The van der Waals surface area contributed by atoms with Gasteiger partial charge in [0.15, 0.2) is 5.69 Å². The molecule has 2 bridgehead atoms. The Balaban J connectivity index is 0.000000659. The van der Waals surface area contributed by atoms with Crippen LogP contribution in [0.5, 0.6) is 0 Å². The van der Waals surface area contributed by atoms with E-state index in [1.807, 2.05) is 0 Å². The summed E-state index contributed by atoms with van der Waals surface area (Å²) < 4.78 is 0. The number of aromatic nitrogens is 2. The lowest BCUT2D eigenvalue weighted by atomic mass is 9.98. The number of hydrogen-bond donors (Lipinski definition) is 3. The number of piperidine rings is 1. The molecule has 1 aromatic heterocycles. The first-order chi connectivity index (χ1) is 12.9. The summed E-state index contributed by atoms with van der Waals surface area (Å²) in [6.07, 6.45) is 4.26. The van der Waals surface area contributed by atoms with Gasteiger partial charge in [-0.1, -0.05) is 0 Å². The van der Waals surface area contributed by atoms with Crippen molar-refractivity contribution in [1.82, 2.24) is 20.4 Å². The molecule has 0 spiro atoms. The zero-order valence-corrected chi connectivity index (χ0v) is 14.8. The maximum absolute atomic E-state index is 12.6. The molecule has 3 N–H and O–H groups in total. The van der Waals surface area contributed by atoms with E-state index >= 15 is 0 Å². The molecule has 2 atom stereocenters. The number of nitrogens with one attached hydrogen (secondary N) is 2. The highest BCUT2D eigenvalue weighted by Gasteiger charge is 2.39. The summed E-state index contributed by atoms with van der Waals surface area (Å²) in [6.45, 7) is -0.250. The molecule has 2 aliphatic rings. The van der Waals surface area contributed by atoms with Crippen molar-refractivity contribution < 1.29 is 19.6 Å². The fourth-order valence-corrected chi connectivity index (χ4v) is 4.07. The lowest BCUT2D eigenvalue weighted by Gasteiger charge is -2.36. The number of carbonyl (C=O) groups is 2. The molecule has 10 nitrogen and oxygen atoms in total. The Labute approximate surface area is 154 Å². The molecule has 3 heterocycles. The summed E-state index contributed by atoms with van der Waals surface area (Å²) in [7, 11) is 2.15. The highest BCUT2D eigenvalue weighted by Crippen LogP contribution is 2.34. The summed E-state index contributed by atoms with van der Waals surface area (Å²) in [5.41, 5.74) is 0.796. The van der Waals surface area contributed by atoms with Crippen LogP contribution in [0.3, 0.4) is 0 Å². The van der Waals surface area contributed by atoms with Gasteiger partial charge >= 0.3 is 0 Å². The van der Waals surface area contributed by atoms with Gasteiger partial charge in [0.1, 0.15) is 0 Å². The highest BCUT2D eigenvalue weighted by atomic mass is 16.6. The fourth-order valence-electron chi connectivity index (χ4n) is 4.07. The number of nitrogens with zero attached hydrogens (tertiary/aromatic N) is 3. The molecule has 2 unspecified atom stereocenters. The monoisotopic (exact) mass is 375 g/mol. The average molecular weight is 375 g/mol. The summed E-state index contributed by atoms with van der Waals surface area (Å²) in [6, 6.07) is 5.57. The maximum atomic E-state index is 12.6. The van der Waals surface area contributed by atoms with Crippen LogP contribution in [0.25, 0.3) is 10.9 Å². The van der Waals surface area contributed by atoms with Crippen LogP contribution in [0.15, 0.2) is 18.2 Å². The number of fused-ring (bicyclic) bond motifs is 3. The molecule has 2 saturated heterocycles. The van der Waals surface area contributed by atoms with E-state index in [9.17, 15) is 14.9 Å². The molecule has 0 radical (unpaired) electrons. The van der Waals surface area contributed by atoms with Crippen molar-refractivity contribution >= 4 is 29.0 Å². The van der Waals surface area contributed by atoms with Crippen LogP contribution in [0.1, 0.15) is 36.2 Å². The molecule has 27 heavy (non-hydrogen) atoms. The third kappa shape index (κ3) is 3.75. The van der Waals surface area contributed by atoms with Crippen molar-refractivity contribution in [3.8, 4) is 0 Å². The summed E-state index contributed by atoms with van der Waals surface area (Å²) in [5, 5.41) is 28.2. The molecule has 0 aliphatic carbocycles. The number of carbonyl (C=O) groups excluding carboxylic acids is 1. The van der Waals surface area contributed by atoms with E-state index in [2.05, 4.69) is 27.5 Å². The normalized spacial score (nSPS) is 24.1. The molecule has 2 fully saturated rings. The number of carboxylic acid groups (broad SMARTS) is 1. The molecule has 2 aromatic rings. The first-order valence-electron chi connectivity index (χ1n) is 8.67. The number of non-ortho nitro benzene ring substituents is 1. The van der Waals surface area contributed by atoms with Gasteiger partial charge in [0.05, 0.1) is 10.4 Å². The zero-order chi connectivity index (χ0) is 19.6. The van der Waals surface area contributed by atoms with E-state index < -0.39 is 4.92 Å². The molecule has 0 saturated carbocycles. The number of nitro benzene ring substituents is 1. The summed E-state index contributed by atoms with van der Waals surface area (Å²) >= 11 is 0. The Morgan fingerprint density at radius 2 is 2.04 bits per heavy atom. The second kappa shape index (κ2) is 7.70. The van der Waals surface area contributed by atoms with Crippen molar-refractivity contribution in [1.29, 1.82) is 0 Å². The van der Waals surface area contributed by atoms with E-state index in [4.69, 9.17) is 9.90 Å². The van der Waals surface area contributed by atoms with Gasteiger partial charge in [-0.15, -0.1) is 0 Å². The van der Waals surface area contributed by atoms with Crippen molar-refractivity contribution in [3.63, 3.8) is 0 Å². The van der Waals surface area contributed by atoms with Crippen molar-refractivity contribution in [2.75, 3.05) is 7.05 Å². The lowest BCUT2D eigenvalue weighted by Crippen LogP contribution is -2.48. The van der Waals surface area contributed by atoms with Crippen LogP contribution in [0, 0.1) is 10.1 Å². The number of hydrogen-bond acceptors (Lipinski definition) is 6. The lowest BCUT2D eigenvalue weighted by molar-refractivity contribution is -0.384. The minimum Gasteiger partial charge on any atom is -0.483 e. The fraction of sp³-hybridized carbons (Fsp3) is 0.471. The predicted octanol–water partition coefficient (Wildman–Crippen LogP) is 1.53. The second-order valence-corrected chi connectivity index (χ2v) is 6.86. The predicted molar refractivity (Wildman–Crippen MR) is 96.5 cm³/mol. The maximum Gasteiger partial charge on any atom is 0.290 e. The number of rotatable bonds is 3. The molecule has 144 valence electrons.